The summed E-state index contributed by atoms with van der Waals surface area (Å²) < 4.78 is 5.60. The summed E-state index contributed by atoms with van der Waals surface area (Å²) in [5.41, 5.74) is 0.0984. The number of hydrogen-bond acceptors (Lipinski definition) is 7. The Bertz CT molecular complexity index is 1120. The van der Waals surface area contributed by atoms with Crippen LogP contribution in [0.2, 0.25) is 0 Å². The van der Waals surface area contributed by atoms with Gasteiger partial charge in [0.15, 0.2) is 5.69 Å². The van der Waals surface area contributed by atoms with Gasteiger partial charge in [-0.2, -0.15) is 0 Å². The fourth-order valence-corrected chi connectivity index (χ4v) is 3.93. The number of oxazole rings is 1. The third-order valence-corrected chi connectivity index (χ3v) is 6.23. The number of nitrogens with one attached hydrogen (secondary N) is 4. The molecule has 0 saturated carbocycles. The van der Waals surface area contributed by atoms with Gasteiger partial charge >= 0.3 is 0 Å². The molecule has 3 rings (SSSR count). The Balaban J connectivity index is 1.95. The van der Waals surface area contributed by atoms with Crippen molar-refractivity contribution in [3.63, 3.8) is 0 Å². The van der Waals surface area contributed by atoms with Gasteiger partial charge in [0.25, 0.3) is 5.91 Å². The quantitative estimate of drug-likeness (QED) is 0.401. The Hall–Kier alpha value is -3.73. The molecular formula is C27H37N5O6. The van der Waals surface area contributed by atoms with E-state index in [-0.39, 0.29) is 24.0 Å². The lowest BCUT2D eigenvalue weighted by molar-refractivity contribution is -0.134. The summed E-state index contributed by atoms with van der Waals surface area (Å²) in [4.78, 5) is 55.9. The minimum atomic E-state index is -1.19. The predicted molar refractivity (Wildman–Crippen MR) is 139 cm³/mol. The number of aliphatic hydroxyl groups excluding tert-OH is 1. The molecule has 2 heterocycles. The Kier molecular flexibility index (Phi) is 9.62. The van der Waals surface area contributed by atoms with Crippen LogP contribution in [-0.2, 0) is 20.8 Å². The number of fused-ring (bicyclic) bond motifs is 2. The Morgan fingerprint density at radius 3 is 2.50 bits per heavy atom. The van der Waals surface area contributed by atoms with Gasteiger partial charge in [0.1, 0.15) is 24.4 Å². The smallest absolute Gasteiger partial charge is 0.273 e. The predicted octanol–water partition coefficient (Wildman–Crippen LogP) is 1.38. The number of aliphatic hydroxyl groups is 1. The zero-order valence-electron chi connectivity index (χ0n) is 22.2. The maximum Gasteiger partial charge on any atom is 0.273 e. The molecule has 0 aliphatic carbocycles. The Morgan fingerprint density at radius 2 is 1.84 bits per heavy atom. The monoisotopic (exact) mass is 527 g/mol. The molecule has 0 unspecified atom stereocenters. The SMILES string of the molecule is C[C@@H](O)[C@@H]1NC(=O)c2coc(n2)[C@H](Cc2ccccc2)NC(=O)[C@@H](NC(=O)C(C)(C)C)CCCCNC1=O. The van der Waals surface area contributed by atoms with Gasteiger partial charge in [-0.05, 0) is 31.7 Å². The molecule has 206 valence electrons. The van der Waals surface area contributed by atoms with E-state index in [0.717, 1.165) is 11.8 Å². The van der Waals surface area contributed by atoms with Crippen molar-refractivity contribution in [2.24, 2.45) is 5.41 Å². The van der Waals surface area contributed by atoms with Crippen molar-refractivity contribution >= 4 is 23.6 Å². The summed E-state index contributed by atoms with van der Waals surface area (Å²) in [5.74, 6) is -1.82. The first-order chi connectivity index (χ1) is 18.0. The van der Waals surface area contributed by atoms with Gasteiger partial charge < -0.3 is 30.8 Å². The summed E-state index contributed by atoms with van der Waals surface area (Å²) >= 11 is 0. The average Bonchev–Trinajstić information content (AvgIpc) is 3.35. The highest BCUT2D eigenvalue weighted by atomic mass is 16.3. The molecule has 0 saturated heterocycles. The molecule has 1 aromatic carbocycles. The van der Waals surface area contributed by atoms with Crippen LogP contribution >= 0.6 is 0 Å². The highest BCUT2D eigenvalue weighted by Crippen LogP contribution is 2.20. The second-order valence-electron chi connectivity index (χ2n) is 10.6. The number of rotatable bonds is 4. The van der Waals surface area contributed by atoms with Crippen molar-refractivity contribution in [1.29, 1.82) is 0 Å². The van der Waals surface area contributed by atoms with E-state index in [1.165, 1.54) is 6.92 Å². The molecule has 1 aromatic heterocycles. The lowest BCUT2D eigenvalue weighted by Gasteiger charge is -2.26. The normalized spacial score (nSPS) is 22.6. The second-order valence-corrected chi connectivity index (χ2v) is 10.6. The van der Waals surface area contributed by atoms with Crippen LogP contribution in [0.25, 0.3) is 0 Å². The lowest BCUT2D eigenvalue weighted by Crippen LogP contribution is -2.53. The van der Waals surface area contributed by atoms with Crippen molar-refractivity contribution in [2.45, 2.75) is 77.6 Å². The van der Waals surface area contributed by atoms with Crippen LogP contribution in [0.1, 0.15) is 74.9 Å². The Labute approximate surface area is 222 Å². The van der Waals surface area contributed by atoms with Gasteiger partial charge in [-0.15, -0.1) is 0 Å². The third kappa shape index (κ3) is 7.88. The molecule has 0 fully saturated rings. The van der Waals surface area contributed by atoms with Gasteiger partial charge in [0, 0.05) is 18.4 Å². The molecule has 0 radical (unpaired) electrons. The van der Waals surface area contributed by atoms with Crippen LogP contribution in [0.4, 0.5) is 0 Å². The zero-order chi connectivity index (χ0) is 27.9. The van der Waals surface area contributed by atoms with Crippen LogP contribution in [0.15, 0.2) is 41.0 Å². The zero-order valence-corrected chi connectivity index (χ0v) is 22.2. The van der Waals surface area contributed by atoms with E-state index in [9.17, 15) is 24.3 Å². The van der Waals surface area contributed by atoms with Gasteiger partial charge in [0.05, 0.1) is 6.10 Å². The second kappa shape index (κ2) is 12.7. The molecule has 2 aromatic rings. The maximum atomic E-state index is 13.4. The van der Waals surface area contributed by atoms with Crippen LogP contribution in [-0.4, -0.2) is 58.5 Å². The van der Waals surface area contributed by atoms with E-state index in [4.69, 9.17) is 4.42 Å². The summed E-state index contributed by atoms with van der Waals surface area (Å²) in [7, 11) is 0. The minimum Gasteiger partial charge on any atom is -0.446 e. The summed E-state index contributed by atoms with van der Waals surface area (Å²) in [6, 6.07) is 6.66. The third-order valence-electron chi connectivity index (χ3n) is 6.23. The van der Waals surface area contributed by atoms with Gasteiger partial charge in [-0.25, -0.2) is 4.98 Å². The van der Waals surface area contributed by atoms with E-state index >= 15 is 0 Å². The number of aromatic nitrogens is 1. The maximum absolute atomic E-state index is 13.4. The van der Waals surface area contributed by atoms with Crippen LogP contribution < -0.4 is 21.3 Å². The molecule has 4 atom stereocenters. The first kappa shape index (κ1) is 28.8. The van der Waals surface area contributed by atoms with E-state index in [0.29, 0.717) is 25.7 Å². The molecule has 5 N–H and O–H groups in total. The first-order valence-electron chi connectivity index (χ1n) is 12.8. The number of amides is 4. The fourth-order valence-electron chi connectivity index (χ4n) is 3.93. The molecule has 11 heteroatoms. The van der Waals surface area contributed by atoms with Gasteiger partial charge in [0.2, 0.25) is 23.6 Å². The lowest BCUT2D eigenvalue weighted by atomic mass is 9.94. The van der Waals surface area contributed by atoms with E-state index in [1.54, 1.807) is 20.8 Å². The van der Waals surface area contributed by atoms with Crippen LogP contribution in [0.5, 0.6) is 0 Å². The molecule has 1 aliphatic heterocycles. The molecule has 2 bridgehead atoms. The largest absolute Gasteiger partial charge is 0.446 e. The molecule has 1 aliphatic rings. The number of carbonyl (C=O) groups is 4. The van der Waals surface area contributed by atoms with Crippen molar-refractivity contribution in [1.82, 2.24) is 26.3 Å². The minimum absolute atomic E-state index is 0.0957. The molecular weight excluding hydrogens is 490 g/mol. The number of nitrogens with zero attached hydrogens (tertiary/aromatic N) is 1. The van der Waals surface area contributed by atoms with Crippen molar-refractivity contribution in [3.8, 4) is 0 Å². The summed E-state index contributed by atoms with van der Waals surface area (Å²) in [6.07, 6.45) is 1.72. The van der Waals surface area contributed by atoms with Crippen LogP contribution in [0.3, 0.4) is 0 Å². The van der Waals surface area contributed by atoms with Crippen LogP contribution in [0, 0.1) is 5.41 Å². The highest BCUT2D eigenvalue weighted by Gasteiger charge is 2.32. The summed E-state index contributed by atoms with van der Waals surface area (Å²) in [6.45, 7) is 6.97. The number of benzene rings is 1. The molecule has 4 amide bonds. The Morgan fingerprint density at radius 1 is 1.13 bits per heavy atom. The van der Waals surface area contributed by atoms with Crippen molar-refractivity contribution in [3.05, 3.63) is 53.7 Å². The fraction of sp³-hybridized carbons (Fsp3) is 0.519. The van der Waals surface area contributed by atoms with Gasteiger partial charge in [-0.1, -0.05) is 51.1 Å². The van der Waals surface area contributed by atoms with E-state index in [2.05, 4.69) is 26.3 Å². The van der Waals surface area contributed by atoms with Crippen molar-refractivity contribution < 1.29 is 28.7 Å². The molecule has 0 spiro atoms. The number of hydrogen-bond donors (Lipinski definition) is 5. The topological polar surface area (TPSA) is 163 Å². The standard InChI is InChI=1S/C27H37N5O6/c1-16(33)21-24(36)28-13-9-8-12-18(31-26(37)27(2,3)4)22(34)29-19(14-17-10-6-5-7-11-17)25-30-20(15-38-25)23(35)32-21/h5-7,10-11,15-16,18-19,21,33H,8-9,12-14H2,1-4H3,(H,28,36)(H,29,34)(H,31,37)(H,32,35)/t16-,18+,19+,21+/m1/s1. The number of carbonyl (C=O) groups excluding carboxylic acids is 4. The van der Waals surface area contributed by atoms with E-state index < -0.39 is 47.4 Å². The molecule has 11 nitrogen and oxygen atoms in total. The van der Waals surface area contributed by atoms with Gasteiger partial charge in [-0.3, -0.25) is 19.2 Å². The van der Waals surface area contributed by atoms with E-state index in [1.807, 2.05) is 30.3 Å². The molecule has 38 heavy (non-hydrogen) atoms. The first-order valence-corrected chi connectivity index (χ1v) is 12.8. The average molecular weight is 528 g/mol. The summed E-state index contributed by atoms with van der Waals surface area (Å²) in [5, 5.41) is 21.1. The highest BCUT2D eigenvalue weighted by molar-refractivity contribution is 5.96. The van der Waals surface area contributed by atoms with Crippen molar-refractivity contribution in [2.75, 3.05) is 6.54 Å².